The Hall–Kier alpha value is -1.81. The van der Waals surface area contributed by atoms with Crippen molar-refractivity contribution in [2.24, 2.45) is 5.73 Å². The van der Waals surface area contributed by atoms with Crippen molar-refractivity contribution in [3.05, 3.63) is 48.2 Å². The second-order valence-electron chi connectivity index (χ2n) is 3.80. The lowest BCUT2D eigenvalue weighted by Gasteiger charge is -2.07. The molecule has 0 amide bonds. The Morgan fingerprint density at radius 3 is 2.94 bits per heavy atom. The summed E-state index contributed by atoms with van der Waals surface area (Å²) in [6, 6.07) is 6.43. The summed E-state index contributed by atoms with van der Waals surface area (Å²) in [5, 5.41) is 0. The largest absolute Gasteiger partial charge is 0.330 e. The molecule has 0 aliphatic carbocycles. The molecule has 0 atom stereocenters. The van der Waals surface area contributed by atoms with E-state index >= 15 is 0 Å². The Morgan fingerprint density at radius 1 is 1.29 bits per heavy atom. The molecule has 17 heavy (non-hydrogen) atoms. The van der Waals surface area contributed by atoms with Gasteiger partial charge in [-0.3, -0.25) is 0 Å². The van der Waals surface area contributed by atoms with Gasteiger partial charge in [0.25, 0.3) is 0 Å². The van der Waals surface area contributed by atoms with Crippen molar-refractivity contribution in [2.75, 3.05) is 6.54 Å². The van der Waals surface area contributed by atoms with E-state index in [0.29, 0.717) is 6.54 Å². The maximum Gasteiger partial charge on any atom is 0.123 e. The first-order chi connectivity index (χ1) is 8.31. The van der Waals surface area contributed by atoms with E-state index in [1.807, 2.05) is 6.07 Å². The van der Waals surface area contributed by atoms with Crippen LogP contribution in [-0.4, -0.2) is 16.5 Å². The van der Waals surface area contributed by atoms with Crippen molar-refractivity contribution in [1.82, 2.24) is 9.97 Å². The van der Waals surface area contributed by atoms with Crippen molar-refractivity contribution in [3.8, 4) is 11.3 Å². The standard InChI is InChI=1S/C13H14FN3/c14-12-5-1-3-10(7-12)13-11(4-2-6-15)8-16-9-17-13/h1,3,5,7-9H,2,4,6,15H2. The van der Waals surface area contributed by atoms with Crippen LogP contribution in [0.1, 0.15) is 12.0 Å². The lowest BCUT2D eigenvalue weighted by Crippen LogP contribution is -2.02. The number of nitrogens with two attached hydrogens (primary N) is 1. The molecule has 0 saturated heterocycles. The molecule has 0 radical (unpaired) electrons. The van der Waals surface area contributed by atoms with Gasteiger partial charge in [-0.05, 0) is 37.1 Å². The number of halogens is 1. The van der Waals surface area contributed by atoms with Gasteiger partial charge < -0.3 is 5.73 Å². The van der Waals surface area contributed by atoms with Crippen LogP contribution in [0.5, 0.6) is 0 Å². The molecular weight excluding hydrogens is 217 g/mol. The van der Waals surface area contributed by atoms with E-state index in [0.717, 1.165) is 29.7 Å². The van der Waals surface area contributed by atoms with Crippen LogP contribution in [0.3, 0.4) is 0 Å². The first-order valence-electron chi connectivity index (χ1n) is 5.56. The van der Waals surface area contributed by atoms with Gasteiger partial charge >= 0.3 is 0 Å². The van der Waals surface area contributed by atoms with Crippen LogP contribution < -0.4 is 5.73 Å². The molecule has 2 aromatic rings. The van der Waals surface area contributed by atoms with Gasteiger partial charge in [0.05, 0.1) is 5.69 Å². The Balaban J connectivity index is 2.37. The first-order valence-corrected chi connectivity index (χ1v) is 5.56. The molecule has 2 rings (SSSR count). The fraction of sp³-hybridized carbons (Fsp3) is 0.231. The third kappa shape index (κ3) is 2.85. The van der Waals surface area contributed by atoms with Gasteiger partial charge in [0.1, 0.15) is 12.1 Å². The lowest BCUT2D eigenvalue weighted by atomic mass is 10.0. The molecule has 0 bridgehead atoms. The van der Waals surface area contributed by atoms with Gasteiger partial charge in [0.2, 0.25) is 0 Å². The SMILES string of the molecule is NCCCc1cncnc1-c1cccc(F)c1. The smallest absolute Gasteiger partial charge is 0.123 e. The van der Waals surface area contributed by atoms with Crippen LogP contribution in [0.25, 0.3) is 11.3 Å². The van der Waals surface area contributed by atoms with Crippen LogP contribution in [0.4, 0.5) is 4.39 Å². The van der Waals surface area contributed by atoms with Crippen LogP contribution in [0.2, 0.25) is 0 Å². The maximum atomic E-state index is 13.2. The summed E-state index contributed by atoms with van der Waals surface area (Å²) in [4.78, 5) is 8.22. The molecule has 0 fully saturated rings. The summed E-state index contributed by atoms with van der Waals surface area (Å²) in [5.74, 6) is -0.258. The Bertz CT molecular complexity index is 500. The summed E-state index contributed by atoms with van der Waals surface area (Å²) in [6.45, 7) is 0.623. The normalized spacial score (nSPS) is 10.5. The third-order valence-electron chi connectivity index (χ3n) is 2.54. The Kier molecular flexibility index (Phi) is 3.77. The lowest BCUT2D eigenvalue weighted by molar-refractivity contribution is 0.628. The highest BCUT2D eigenvalue weighted by Gasteiger charge is 2.07. The zero-order valence-corrected chi connectivity index (χ0v) is 9.44. The van der Waals surface area contributed by atoms with Crippen LogP contribution in [0, 0.1) is 5.82 Å². The second-order valence-corrected chi connectivity index (χ2v) is 3.80. The molecule has 88 valence electrons. The quantitative estimate of drug-likeness (QED) is 0.877. The number of aryl methyl sites for hydroxylation is 1. The van der Waals surface area contributed by atoms with E-state index in [9.17, 15) is 4.39 Å². The van der Waals surface area contributed by atoms with Crippen molar-refractivity contribution in [1.29, 1.82) is 0 Å². The molecule has 0 aliphatic heterocycles. The number of aromatic nitrogens is 2. The minimum absolute atomic E-state index is 0.258. The molecule has 0 unspecified atom stereocenters. The number of hydrogen-bond donors (Lipinski definition) is 1. The van der Waals surface area contributed by atoms with E-state index in [4.69, 9.17) is 5.73 Å². The summed E-state index contributed by atoms with van der Waals surface area (Å²) < 4.78 is 13.2. The summed E-state index contributed by atoms with van der Waals surface area (Å²) >= 11 is 0. The first kappa shape index (κ1) is 11.7. The van der Waals surface area contributed by atoms with Crippen LogP contribution in [-0.2, 0) is 6.42 Å². The van der Waals surface area contributed by atoms with Gasteiger partial charge in [-0.25, -0.2) is 14.4 Å². The molecule has 1 aromatic carbocycles. The van der Waals surface area contributed by atoms with E-state index in [1.54, 1.807) is 12.3 Å². The van der Waals surface area contributed by atoms with Gasteiger partial charge in [0, 0.05) is 11.8 Å². The van der Waals surface area contributed by atoms with E-state index in [1.165, 1.54) is 18.5 Å². The monoisotopic (exact) mass is 231 g/mol. The van der Waals surface area contributed by atoms with Crippen molar-refractivity contribution >= 4 is 0 Å². The molecule has 1 heterocycles. The highest BCUT2D eigenvalue weighted by Crippen LogP contribution is 2.21. The van der Waals surface area contributed by atoms with E-state index < -0.39 is 0 Å². The van der Waals surface area contributed by atoms with Crippen LogP contribution >= 0.6 is 0 Å². The Labute approximate surface area is 99.5 Å². The molecule has 0 aliphatic rings. The second kappa shape index (κ2) is 5.50. The summed E-state index contributed by atoms with van der Waals surface area (Å²) in [7, 11) is 0. The average Bonchev–Trinajstić information content (AvgIpc) is 2.37. The predicted molar refractivity (Wildman–Crippen MR) is 64.8 cm³/mol. The predicted octanol–water partition coefficient (Wildman–Crippen LogP) is 2.17. The number of nitrogens with zero attached hydrogens (tertiary/aromatic N) is 2. The third-order valence-corrected chi connectivity index (χ3v) is 2.54. The van der Waals surface area contributed by atoms with Gasteiger partial charge in [-0.2, -0.15) is 0 Å². The Morgan fingerprint density at radius 2 is 2.18 bits per heavy atom. The maximum absolute atomic E-state index is 13.2. The van der Waals surface area contributed by atoms with Gasteiger partial charge in [-0.15, -0.1) is 0 Å². The average molecular weight is 231 g/mol. The van der Waals surface area contributed by atoms with Crippen LogP contribution in [0.15, 0.2) is 36.8 Å². The minimum Gasteiger partial charge on any atom is -0.330 e. The van der Waals surface area contributed by atoms with Gasteiger partial charge in [-0.1, -0.05) is 12.1 Å². The molecule has 0 spiro atoms. The highest BCUT2D eigenvalue weighted by molar-refractivity contribution is 5.62. The van der Waals surface area contributed by atoms with Crippen molar-refractivity contribution < 1.29 is 4.39 Å². The molecule has 0 saturated carbocycles. The molecular formula is C13H14FN3. The fourth-order valence-corrected chi connectivity index (χ4v) is 1.73. The molecule has 2 N–H and O–H groups in total. The van der Waals surface area contributed by atoms with Crippen molar-refractivity contribution in [3.63, 3.8) is 0 Å². The zero-order valence-electron chi connectivity index (χ0n) is 9.44. The topological polar surface area (TPSA) is 51.8 Å². The fourth-order valence-electron chi connectivity index (χ4n) is 1.73. The van der Waals surface area contributed by atoms with Gasteiger partial charge in [0.15, 0.2) is 0 Å². The number of rotatable bonds is 4. The number of benzene rings is 1. The van der Waals surface area contributed by atoms with E-state index in [2.05, 4.69) is 9.97 Å². The summed E-state index contributed by atoms with van der Waals surface area (Å²) in [5.41, 5.74) is 8.05. The summed E-state index contributed by atoms with van der Waals surface area (Å²) in [6.07, 6.45) is 4.92. The molecule has 1 aromatic heterocycles. The zero-order chi connectivity index (χ0) is 12.1. The molecule has 4 heteroatoms. The highest BCUT2D eigenvalue weighted by atomic mass is 19.1. The van der Waals surface area contributed by atoms with Crippen molar-refractivity contribution in [2.45, 2.75) is 12.8 Å². The van der Waals surface area contributed by atoms with E-state index in [-0.39, 0.29) is 5.82 Å². The molecule has 3 nitrogen and oxygen atoms in total. The minimum atomic E-state index is -0.258. The number of hydrogen-bond acceptors (Lipinski definition) is 3.